The van der Waals surface area contributed by atoms with Crippen molar-refractivity contribution < 1.29 is 23.8 Å². The molecule has 1 aliphatic rings. The van der Waals surface area contributed by atoms with Crippen LogP contribution in [0.2, 0.25) is 0 Å². The van der Waals surface area contributed by atoms with Gasteiger partial charge in [0.05, 0.1) is 26.7 Å². The van der Waals surface area contributed by atoms with E-state index in [0.717, 1.165) is 0 Å². The van der Waals surface area contributed by atoms with E-state index in [9.17, 15) is 9.59 Å². The van der Waals surface area contributed by atoms with Gasteiger partial charge in [0.25, 0.3) is 0 Å². The summed E-state index contributed by atoms with van der Waals surface area (Å²) in [6, 6.07) is 9.04. The zero-order valence-corrected chi connectivity index (χ0v) is 13.5. The Labute approximate surface area is 131 Å². The Kier molecular flexibility index (Phi) is 7.77. The molecular weight excluding hydrogens is 284 g/mol. The molecule has 1 fully saturated rings. The molecule has 122 valence electrons. The number of Topliss-reactive ketones (excluding diaryl/α,β-unsaturated/α-hetero) is 1. The highest BCUT2D eigenvalue weighted by molar-refractivity contribution is 5.96. The van der Waals surface area contributed by atoms with Crippen LogP contribution in [-0.2, 0) is 19.0 Å². The first-order valence-corrected chi connectivity index (χ1v) is 7.58. The number of hydrogen-bond acceptors (Lipinski definition) is 5. The van der Waals surface area contributed by atoms with E-state index < -0.39 is 11.8 Å². The third-order valence-corrected chi connectivity index (χ3v) is 3.28. The molecular formula is C17H24O5. The number of esters is 1. The molecule has 5 nitrogen and oxygen atoms in total. The molecule has 22 heavy (non-hydrogen) atoms. The normalized spacial score (nSPS) is 15.6. The van der Waals surface area contributed by atoms with Gasteiger partial charge in [-0.2, -0.15) is 0 Å². The average Bonchev–Trinajstić information content (AvgIpc) is 3.04. The van der Waals surface area contributed by atoms with Gasteiger partial charge in [-0.3, -0.25) is 9.59 Å². The fraction of sp³-hybridized carbons (Fsp3) is 0.529. The molecule has 0 unspecified atom stereocenters. The Bertz CT molecular complexity index is 463. The molecule has 0 atom stereocenters. The van der Waals surface area contributed by atoms with Crippen LogP contribution in [0.25, 0.3) is 0 Å². The van der Waals surface area contributed by atoms with E-state index in [0.29, 0.717) is 25.2 Å². The van der Waals surface area contributed by atoms with E-state index >= 15 is 0 Å². The summed E-state index contributed by atoms with van der Waals surface area (Å²) in [4.78, 5) is 23.5. The zero-order valence-electron chi connectivity index (χ0n) is 13.5. The second kappa shape index (κ2) is 9.33. The van der Waals surface area contributed by atoms with Gasteiger partial charge in [-0.15, -0.1) is 0 Å². The van der Waals surface area contributed by atoms with Crippen molar-refractivity contribution in [1.29, 1.82) is 0 Å². The van der Waals surface area contributed by atoms with Crippen LogP contribution < -0.4 is 0 Å². The first-order valence-electron chi connectivity index (χ1n) is 7.58. The van der Waals surface area contributed by atoms with Gasteiger partial charge in [-0.05, 0) is 0 Å². The Balaban J connectivity index is 0.00000116. The lowest BCUT2D eigenvalue weighted by atomic mass is 10.0. The van der Waals surface area contributed by atoms with Gasteiger partial charge >= 0.3 is 5.97 Å². The van der Waals surface area contributed by atoms with Crippen molar-refractivity contribution in [2.24, 2.45) is 0 Å². The lowest BCUT2D eigenvalue weighted by Gasteiger charge is -2.25. The Morgan fingerprint density at radius 1 is 1.14 bits per heavy atom. The van der Waals surface area contributed by atoms with Gasteiger partial charge in [0.15, 0.2) is 11.6 Å². The first-order chi connectivity index (χ1) is 10.7. The van der Waals surface area contributed by atoms with E-state index in [1.807, 2.05) is 32.0 Å². The third kappa shape index (κ3) is 5.24. The summed E-state index contributed by atoms with van der Waals surface area (Å²) in [6.07, 6.45) is 0.613. The molecule has 0 radical (unpaired) electrons. The van der Waals surface area contributed by atoms with Crippen LogP contribution in [0.1, 0.15) is 43.5 Å². The SMILES string of the molecule is CC.COC(=O)CC1(CCC(=O)c2ccccc2)OCCO1. The molecule has 0 saturated carbocycles. The minimum Gasteiger partial charge on any atom is -0.469 e. The summed E-state index contributed by atoms with van der Waals surface area (Å²) in [6.45, 7) is 4.85. The smallest absolute Gasteiger partial charge is 0.310 e. The number of hydrogen-bond donors (Lipinski definition) is 0. The van der Waals surface area contributed by atoms with Crippen molar-refractivity contribution >= 4 is 11.8 Å². The van der Waals surface area contributed by atoms with Crippen molar-refractivity contribution in [3.05, 3.63) is 35.9 Å². The van der Waals surface area contributed by atoms with Crippen LogP contribution in [0.3, 0.4) is 0 Å². The molecule has 1 aromatic rings. The molecule has 0 aliphatic carbocycles. The predicted molar refractivity (Wildman–Crippen MR) is 82.6 cm³/mol. The van der Waals surface area contributed by atoms with E-state index in [1.54, 1.807) is 12.1 Å². The summed E-state index contributed by atoms with van der Waals surface area (Å²) >= 11 is 0. The van der Waals surface area contributed by atoms with Crippen molar-refractivity contribution in [2.45, 2.75) is 38.9 Å². The number of methoxy groups -OCH3 is 1. The summed E-state index contributed by atoms with van der Waals surface area (Å²) in [7, 11) is 1.32. The quantitative estimate of drug-likeness (QED) is 0.597. The molecule has 1 aromatic carbocycles. The summed E-state index contributed by atoms with van der Waals surface area (Å²) in [5, 5.41) is 0. The van der Waals surface area contributed by atoms with Crippen molar-refractivity contribution in [2.75, 3.05) is 20.3 Å². The van der Waals surface area contributed by atoms with E-state index in [2.05, 4.69) is 4.74 Å². The molecule has 2 rings (SSSR count). The van der Waals surface area contributed by atoms with E-state index in [1.165, 1.54) is 7.11 Å². The van der Waals surface area contributed by atoms with Gasteiger partial charge in [0, 0.05) is 18.4 Å². The van der Waals surface area contributed by atoms with Crippen LogP contribution in [0.5, 0.6) is 0 Å². The number of carbonyl (C=O) groups is 2. The topological polar surface area (TPSA) is 61.8 Å². The highest BCUT2D eigenvalue weighted by Gasteiger charge is 2.39. The van der Waals surface area contributed by atoms with Crippen LogP contribution in [0, 0.1) is 0 Å². The predicted octanol–water partition coefficient (Wildman–Crippen LogP) is 2.98. The highest BCUT2D eigenvalue weighted by Crippen LogP contribution is 2.29. The maximum atomic E-state index is 12.1. The van der Waals surface area contributed by atoms with Gasteiger partial charge in [-0.25, -0.2) is 0 Å². The Morgan fingerprint density at radius 3 is 2.27 bits per heavy atom. The Hall–Kier alpha value is -1.72. The standard InChI is InChI=1S/C15H18O5.C2H6/c1-18-14(17)11-15(19-9-10-20-15)8-7-13(16)12-5-3-2-4-6-12;1-2/h2-6H,7-11H2,1H3;1-2H3. The van der Waals surface area contributed by atoms with Crippen LogP contribution in [0.15, 0.2) is 30.3 Å². The van der Waals surface area contributed by atoms with E-state index in [-0.39, 0.29) is 18.6 Å². The van der Waals surface area contributed by atoms with Crippen molar-refractivity contribution in [3.63, 3.8) is 0 Å². The lowest BCUT2D eigenvalue weighted by Crippen LogP contribution is -2.34. The third-order valence-electron chi connectivity index (χ3n) is 3.28. The number of ketones is 1. The fourth-order valence-corrected chi connectivity index (χ4v) is 2.20. The molecule has 0 amide bonds. The Morgan fingerprint density at radius 2 is 1.73 bits per heavy atom. The molecule has 0 spiro atoms. The largest absolute Gasteiger partial charge is 0.469 e. The van der Waals surface area contributed by atoms with Crippen LogP contribution in [0.4, 0.5) is 0 Å². The number of benzene rings is 1. The van der Waals surface area contributed by atoms with Gasteiger partial charge in [-0.1, -0.05) is 44.2 Å². The van der Waals surface area contributed by atoms with E-state index in [4.69, 9.17) is 9.47 Å². The molecule has 1 saturated heterocycles. The second-order valence-electron chi connectivity index (χ2n) is 4.65. The van der Waals surface area contributed by atoms with Gasteiger partial charge < -0.3 is 14.2 Å². The number of ether oxygens (including phenoxy) is 3. The van der Waals surface area contributed by atoms with Gasteiger partial charge in [0.1, 0.15) is 0 Å². The molecule has 0 aromatic heterocycles. The van der Waals surface area contributed by atoms with Crippen molar-refractivity contribution in [1.82, 2.24) is 0 Å². The first kappa shape index (κ1) is 18.3. The van der Waals surface area contributed by atoms with Gasteiger partial charge in [0.2, 0.25) is 0 Å². The molecule has 1 heterocycles. The number of rotatable bonds is 6. The van der Waals surface area contributed by atoms with Crippen LogP contribution in [-0.4, -0.2) is 37.9 Å². The summed E-state index contributed by atoms with van der Waals surface area (Å²) in [5.74, 6) is -1.41. The molecule has 1 aliphatic heterocycles. The van der Waals surface area contributed by atoms with Crippen molar-refractivity contribution in [3.8, 4) is 0 Å². The monoisotopic (exact) mass is 308 g/mol. The zero-order chi connectivity index (χ0) is 16.4. The summed E-state index contributed by atoms with van der Waals surface area (Å²) in [5.41, 5.74) is 0.652. The minimum atomic E-state index is -1.02. The number of carbonyl (C=O) groups excluding carboxylic acids is 2. The minimum absolute atomic E-state index is 0.00553. The molecule has 5 heteroatoms. The van der Waals surface area contributed by atoms with Crippen LogP contribution >= 0.6 is 0 Å². The summed E-state index contributed by atoms with van der Waals surface area (Å²) < 4.78 is 15.7. The second-order valence-corrected chi connectivity index (χ2v) is 4.65. The highest BCUT2D eigenvalue weighted by atomic mass is 16.7. The molecule has 0 bridgehead atoms. The maximum Gasteiger partial charge on any atom is 0.310 e. The lowest BCUT2D eigenvalue weighted by molar-refractivity contribution is -0.183. The maximum absolute atomic E-state index is 12.1. The molecule has 0 N–H and O–H groups in total. The fourth-order valence-electron chi connectivity index (χ4n) is 2.20. The average molecular weight is 308 g/mol.